The van der Waals surface area contributed by atoms with Gasteiger partial charge in [-0.1, -0.05) is 31.2 Å². The summed E-state index contributed by atoms with van der Waals surface area (Å²) in [7, 11) is 0. The highest BCUT2D eigenvalue weighted by Crippen LogP contribution is 2.27. The van der Waals surface area contributed by atoms with Gasteiger partial charge in [0.15, 0.2) is 0 Å². The van der Waals surface area contributed by atoms with E-state index >= 15 is 0 Å². The summed E-state index contributed by atoms with van der Waals surface area (Å²) in [6.45, 7) is 9.16. The van der Waals surface area contributed by atoms with E-state index in [4.69, 9.17) is 16.3 Å². The van der Waals surface area contributed by atoms with E-state index in [0.29, 0.717) is 17.0 Å². The third-order valence-corrected chi connectivity index (χ3v) is 2.79. The molecule has 2 nitrogen and oxygen atoms in total. The van der Waals surface area contributed by atoms with E-state index in [1.807, 2.05) is 32.0 Å². The minimum Gasteiger partial charge on any atom is -0.454 e. The zero-order valence-corrected chi connectivity index (χ0v) is 11.2. The molecule has 1 aromatic carbocycles. The highest BCUT2D eigenvalue weighted by molar-refractivity contribution is 6.30. The van der Waals surface area contributed by atoms with Gasteiger partial charge in [-0.25, -0.2) is 4.79 Å². The molecule has 0 bridgehead atoms. The second-order valence-corrected chi connectivity index (χ2v) is 4.52. The summed E-state index contributed by atoms with van der Waals surface area (Å²) in [5, 5.41) is 0.649. The molecular formula is C14H17ClO2. The molecule has 0 aromatic heterocycles. The summed E-state index contributed by atoms with van der Waals surface area (Å²) in [6.07, 6.45) is 0.443. The number of carbonyl (C=O) groups excluding carboxylic acids is 1. The summed E-state index contributed by atoms with van der Waals surface area (Å²) in [4.78, 5) is 11.5. The number of hydrogen-bond acceptors (Lipinski definition) is 2. The lowest BCUT2D eigenvalue weighted by Crippen LogP contribution is -2.12. The second-order valence-electron chi connectivity index (χ2n) is 4.08. The van der Waals surface area contributed by atoms with Gasteiger partial charge in [0, 0.05) is 10.6 Å². The van der Waals surface area contributed by atoms with Crippen LogP contribution in [0.5, 0.6) is 0 Å². The molecule has 1 aromatic rings. The number of esters is 1. The van der Waals surface area contributed by atoms with Gasteiger partial charge in [-0.2, -0.15) is 0 Å². The molecule has 1 unspecified atom stereocenters. The number of benzene rings is 1. The lowest BCUT2D eigenvalue weighted by atomic mass is 10.0. The summed E-state index contributed by atoms with van der Waals surface area (Å²) < 4.78 is 5.39. The number of rotatable bonds is 4. The van der Waals surface area contributed by atoms with Crippen molar-refractivity contribution >= 4 is 17.6 Å². The van der Waals surface area contributed by atoms with Gasteiger partial charge in [0.05, 0.1) is 0 Å². The van der Waals surface area contributed by atoms with Crippen molar-refractivity contribution in [3.63, 3.8) is 0 Å². The molecule has 0 N–H and O–H groups in total. The van der Waals surface area contributed by atoms with Gasteiger partial charge in [0.1, 0.15) is 6.10 Å². The van der Waals surface area contributed by atoms with Crippen LogP contribution in [0.15, 0.2) is 30.4 Å². The number of ether oxygens (including phenoxy) is 1. The van der Waals surface area contributed by atoms with Gasteiger partial charge in [-0.3, -0.25) is 0 Å². The molecule has 0 aliphatic heterocycles. The first-order valence-electron chi connectivity index (χ1n) is 5.58. The van der Waals surface area contributed by atoms with E-state index in [1.165, 1.54) is 0 Å². The number of halogens is 1. The molecule has 0 saturated heterocycles. The van der Waals surface area contributed by atoms with Crippen molar-refractivity contribution in [2.45, 2.75) is 33.3 Å². The highest BCUT2D eigenvalue weighted by atomic mass is 35.5. The van der Waals surface area contributed by atoms with E-state index in [9.17, 15) is 4.79 Å². The zero-order valence-electron chi connectivity index (χ0n) is 10.4. The molecule has 0 radical (unpaired) electrons. The minimum atomic E-state index is -0.365. The molecule has 0 fully saturated rings. The minimum absolute atomic E-state index is 0.266. The Morgan fingerprint density at radius 3 is 2.71 bits per heavy atom. The Labute approximate surface area is 107 Å². The van der Waals surface area contributed by atoms with Gasteiger partial charge < -0.3 is 4.74 Å². The second kappa shape index (κ2) is 5.87. The quantitative estimate of drug-likeness (QED) is 0.592. The average molecular weight is 253 g/mol. The summed E-state index contributed by atoms with van der Waals surface area (Å²) in [5.74, 6) is -0.365. The van der Waals surface area contributed by atoms with Crippen LogP contribution in [0.4, 0.5) is 0 Å². The van der Waals surface area contributed by atoms with Gasteiger partial charge in [0.2, 0.25) is 0 Å². The Kier molecular flexibility index (Phi) is 4.76. The Hall–Kier alpha value is -1.28. The van der Waals surface area contributed by atoms with Crippen LogP contribution >= 0.6 is 11.6 Å². The molecule has 0 aliphatic carbocycles. The molecule has 1 atom stereocenters. The fraction of sp³-hybridized carbons (Fsp3) is 0.357. The van der Waals surface area contributed by atoms with Crippen LogP contribution in [0, 0.1) is 6.92 Å². The van der Waals surface area contributed by atoms with Crippen molar-refractivity contribution in [2.24, 2.45) is 0 Å². The predicted molar refractivity (Wildman–Crippen MR) is 70.1 cm³/mol. The van der Waals surface area contributed by atoms with Crippen LogP contribution in [0.2, 0.25) is 5.02 Å². The van der Waals surface area contributed by atoms with E-state index in [1.54, 1.807) is 6.92 Å². The largest absolute Gasteiger partial charge is 0.454 e. The van der Waals surface area contributed by atoms with Crippen molar-refractivity contribution in [3.8, 4) is 0 Å². The smallest absolute Gasteiger partial charge is 0.333 e. The summed E-state index contributed by atoms with van der Waals surface area (Å²) in [6, 6.07) is 5.60. The molecule has 92 valence electrons. The van der Waals surface area contributed by atoms with Crippen molar-refractivity contribution in [1.82, 2.24) is 0 Å². The Morgan fingerprint density at radius 2 is 2.18 bits per heavy atom. The maximum Gasteiger partial charge on any atom is 0.333 e. The van der Waals surface area contributed by atoms with E-state index in [2.05, 4.69) is 6.58 Å². The van der Waals surface area contributed by atoms with Gasteiger partial charge >= 0.3 is 5.97 Å². The third kappa shape index (κ3) is 3.60. The Balaban J connectivity index is 2.97. The first-order chi connectivity index (χ1) is 7.95. The maximum absolute atomic E-state index is 11.5. The molecular weight excluding hydrogens is 236 g/mol. The highest BCUT2D eigenvalue weighted by Gasteiger charge is 2.17. The fourth-order valence-electron chi connectivity index (χ4n) is 1.55. The lowest BCUT2D eigenvalue weighted by Gasteiger charge is -2.19. The number of carbonyl (C=O) groups is 1. The van der Waals surface area contributed by atoms with E-state index in [0.717, 1.165) is 11.1 Å². The summed E-state index contributed by atoms with van der Waals surface area (Å²) >= 11 is 5.96. The summed E-state index contributed by atoms with van der Waals surface area (Å²) in [5.41, 5.74) is 2.42. The first kappa shape index (κ1) is 13.8. The molecule has 17 heavy (non-hydrogen) atoms. The molecule has 0 amide bonds. The van der Waals surface area contributed by atoms with Gasteiger partial charge in [0.25, 0.3) is 0 Å². The fourth-order valence-corrected chi connectivity index (χ4v) is 1.74. The normalized spacial score (nSPS) is 12.0. The average Bonchev–Trinajstić information content (AvgIpc) is 2.29. The zero-order chi connectivity index (χ0) is 13.0. The third-order valence-electron chi connectivity index (χ3n) is 2.56. The number of hydrogen-bond donors (Lipinski definition) is 0. The molecule has 3 heteroatoms. The topological polar surface area (TPSA) is 26.3 Å². The lowest BCUT2D eigenvalue weighted by molar-refractivity contribution is -0.144. The molecule has 0 spiro atoms. The molecule has 0 aliphatic rings. The predicted octanol–water partition coefficient (Wildman–Crippen LogP) is 4.22. The monoisotopic (exact) mass is 252 g/mol. The van der Waals surface area contributed by atoms with Crippen molar-refractivity contribution < 1.29 is 9.53 Å². The molecule has 0 heterocycles. The van der Waals surface area contributed by atoms with Crippen LogP contribution in [-0.4, -0.2) is 5.97 Å². The van der Waals surface area contributed by atoms with Crippen LogP contribution in [0.25, 0.3) is 0 Å². The van der Waals surface area contributed by atoms with Crippen molar-refractivity contribution in [2.75, 3.05) is 0 Å². The van der Waals surface area contributed by atoms with E-state index < -0.39 is 0 Å². The Bertz CT molecular complexity index is 438. The van der Waals surface area contributed by atoms with E-state index in [-0.39, 0.29) is 12.1 Å². The van der Waals surface area contributed by atoms with Crippen LogP contribution < -0.4 is 0 Å². The van der Waals surface area contributed by atoms with Crippen molar-refractivity contribution in [3.05, 3.63) is 46.5 Å². The number of aryl methyl sites for hydroxylation is 1. The van der Waals surface area contributed by atoms with Crippen molar-refractivity contribution in [1.29, 1.82) is 0 Å². The van der Waals surface area contributed by atoms with Crippen LogP contribution in [-0.2, 0) is 9.53 Å². The SMILES string of the molecule is C=C(C)C(=O)OC(CC)c1cc(Cl)ccc1C. The Morgan fingerprint density at radius 1 is 1.53 bits per heavy atom. The van der Waals surface area contributed by atoms with Gasteiger partial charge in [-0.05, 0) is 43.5 Å². The maximum atomic E-state index is 11.5. The molecule has 0 saturated carbocycles. The van der Waals surface area contributed by atoms with Crippen LogP contribution in [0.3, 0.4) is 0 Å². The standard InChI is InChI=1S/C14H17ClO2/c1-5-13(17-14(16)9(2)3)12-8-11(15)7-6-10(12)4/h6-8,13H,2,5H2,1,3-4H3. The van der Waals surface area contributed by atoms with Crippen LogP contribution in [0.1, 0.15) is 37.5 Å². The van der Waals surface area contributed by atoms with Gasteiger partial charge in [-0.15, -0.1) is 0 Å². The molecule has 1 rings (SSSR count). The first-order valence-corrected chi connectivity index (χ1v) is 5.96.